The van der Waals surface area contributed by atoms with E-state index in [-0.39, 0.29) is 18.3 Å². The molecular formula is C13H24O4P-. The summed E-state index contributed by atoms with van der Waals surface area (Å²) in [4.78, 5) is 11.2. The Morgan fingerprint density at radius 2 is 2.00 bits per heavy atom. The van der Waals surface area contributed by atoms with Gasteiger partial charge in [0.05, 0.1) is 20.6 Å². The number of ether oxygens (including phenoxy) is 1. The third kappa shape index (κ3) is 15.4. The molecule has 106 valence electrons. The molecule has 0 rings (SSSR count). The van der Waals surface area contributed by atoms with E-state index in [0.717, 1.165) is 0 Å². The highest BCUT2D eigenvalue weighted by Crippen LogP contribution is 2.40. The Kier molecular flexibility index (Phi) is 12.6. The number of hydrogen-bond donors (Lipinski definition) is 0. The fourth-order valence-electron chi connectivity index (χ4n) is 1.13. The summed E-state index contributed by atoms with van der Waals surface area (Å²) in [6.45, 7) is 9.03. The topological polar surface area (TPSA) is 52.6 Å². The van der Waals surface area contributed by atoms with Crippen molar-refractivity contribution in [1.29, 1.82) is 0 Å². The first-order valence-electron chi connectivity index (χ1n) is 5.75. The van der Waals surface area contributed by atoms with E-state index in [1.54, 1.807) is 14.0 Å². The Morgan fingerprint density at radius 3 is 2.33 bits per heavy atom. The lowest BCUT2D eigenvalue weighted by molar-refractivity contribution is -0.120. The van der Waals surface area contributed by atoms with Gasteiger partial charge in [-0.3, -0.25) is 11.5 Å². The van der Waals surface area contributed by atoms with Crippen molar-refractivity contribution < 1.29 is 18.6 Å². The monoisotopic (exact) mass is 275 g/mol. The molecule has 0 amide bonds. The third-order valence-corrected chi connectivity index (χ3v) is 2.59. The van der Waals surface area contributed by atoms with Gasteiger partial charge in [-0.15, -0.1) is 12.3 Å². The second-order valence-electron chi connectivity index (χ2n) is 4.02. The summed E-state index contributed by atoms with van der Waals surface area (Å²) < 4.78 is 21.3. The standard InChI is InChI=1S/C10H20O4P.C3H4/c1-5-10(11)6-9(7-13-2)8-14-15(3,4)12;1-3-2/h9H,3,5-8H2,1-2,4H3;1H,2H3/q-1;/t9-,15+;/m0./s1. The summed E-state index contributed by atoms with van der Waals surface area (Å²) in [5.74, 6) is 2.38. The van der Waals surface area contributed by atoms with E-state index in [1.165, 1.54) is 6.66 Å². The average molecular weight is 275 g/mol. The minimum absolute atomic E-state index is 0.0301. The number of Topliss-reactive ketones (excluding diaryl/α,β-unsaturated/α-hetero) is 1. The molecule has 0 spiro atoms. The van der Waals surface area contributed by atoms with Gasteiger partial charge >= 0.3 is 0 Å². The maximum absolute atomic E-state index is 11.2. The first-order chi connectivity index (χ1) is 8.30. The van der Waals surface area contributed by atoms with E-state index >= 15 is 0 Å². The van der Waals surface area contributed by atoms with Gasteiger partial charge in [0.15, 0.2) is 0 Å². The van der Waals surface area contributed by atoms with Crippen molar-refractivity contribution in [1.82, 2.24) is 0 Å². The van der Waals surface area contributed by atoms with Gasteiger partial charge in [0.1, 0.15) is 5.78 Å². The number of ketones is 1. The summed E-state index contributed by atoms with van der Waals surface area (Å²) >= 11 is 0. The van der Waals surface area contributed by atoms with Crippen LogP contribution in [-0.4, -0.2) is 32.8 Å². The minimum atomic E-state index is -2.71. The van der Waals surface area contributed by atoms with Crippen LogP contribution in [-0.2, 0) is 18.6 Å². The number of carbonyl (C=O) groups excluding carboxylic acids is 1. The molecule has 0 heterocycles. The molecule has 0 saturated heterocycles. The molecule has 0 aliphatic carbocycles. The third-order valence-electron chi connectivity index (χ3n) is 1.90. The predicted octanol–water partition coefficient (Wildman–Crippen LogP) is 2.97. The minimum Gasteiger partial charge on any atom is -0.384 e. The lowest BCUT2D eigenvalue weighted by Gasteiger charge is -2.20. The lowest BCUT2D eigenvalue weighted by atomic mass is 10.0. The van der Waals surface area contributed by atoms with Crippen molar-refractivity contribution in [3.63, 3.8) is 0 Å². The van der Waals surface area contributed by atoms with Gasteiger partial charge in [-0.25, -0.2) is 0 Å². The zero-order valence-corrected chi connectivity index (χ0v) is 12.7. The Bertz CT molecular complexity index is 301. The van der Waals surface area contributed by atoms with Crippen molar-refractivity contribution in [2.45, 2.75) is 26.7 Å². The van der Waals surface area contributed by atoms with E-state index in [9.17, 15) is 9.36 Å². The average Bonchev–Trinajstić information content (AvgIpc) is 2.26. The second kappa shape index (κ2) is 11.5. The van der Waals surface area contributed by atoms with Crippen molar-refractivity contribution >= 4 is 13.2 Å². The molecule has 0 aromatic carbocycles. The van der Waals surface area contributed by atoms with Crippen LogP contribution in [0.5, 0.6) is 0 Å². The summed E-state index contributed by atoms with van der Waals surface area (Å²) in [5.41, 5.74) is 0. The van der Waals surface area contributed by atoms with Crippen LogP contribution in [0, 0.1) is 24.9 Å². The molecule has 0 unspecified atom stereocenters. The second-order valence-corrected chi connectivity index (χ2v) is 6.30. The molecule has 4 nitrogen and oxygen atoms in total. The molecule has 0 bridgehead atoms. The maximum Gasteiger partial charge on any atom is 0.133 e. The van der Waals surface area contributed by atoms with Crippen molar-refractivity contribution in [2.75, 3.05) is 27.0 Å². The molecule has 0 aromatic rings. The van der Waals surface area contributed by atoms with Crippen LogP contribution in [0.1, 0.15) is 26.7 Å². The van der Waals surface area contributed by atoms with Gasteiger partial charge in [-0.2, -0.15) is 0 Å². The molecule has 0 saturated carbocycles. The number of carbonyl (C=O) groups is 1. The number of rotatable bonds is 8. The van der Waals surface area contributed by atoms with Crippen molar-refractivity contribution in [3.05, 3.63) is 6.66 Å². The molecule has 0 N–H and O–H groups in total. The van der Waals surface area contributed by atoms with Gasteiger partial charge in [0.25, 0.3) is 0 Å². The van der Waals surface area contributed by atoms with Crippen LogP contribution < -0.4 is 0 Å². The van der Waals surface area contributed by atoms with Gasteiger partial charge in [-0.1, -0.05) is 6.92 Å². The molecular weight excluding hydrogens is 251 g/mol. The van der Waals surface area contributed by atoms with Crippen molar-refractivity contribution in [2.24, 2.45) is 5.92 Å². The molecule has 0 aliphatic heterocycles. The summed E-state index contributed by atoms with van der Waals surface area (Å²) in [5, 5.41) is 0. The zero-order valence-electron chi connectivity index (χ0n) is 11.8. The molecule has 0 aromatic heterocycles. The number of hydrogen-bond acceptors (Lipinski definition) is 4. The summed E-state index contributed by atoms with van der Waals surface area (Å²) in [6, 6.07) is 0. The van der Waals surface area contributed by atoms with Gasteiger partial charge in [0, 0.05) is 25.9 Å². The highest BCUT2D eigenvalue weighted by atomic mass is 31.2. The first-order valence-corrected chi connectivity index (χ1v) is 8.00. The Labute approximate surface area is 111 Å². The SMILES string of the molecule is C#CC.[CH2-][P@@](C)(=O)OC[C@H](COC)CC(=O)CC. The van der Waals surface area contributed by atoms with Crippen LogP contribution in [0.2, 0.25) is 0 Å². The van der Waals surface area contributed by atoms with Crippen molar-refractivity contribution in [3.8, 4) is 12.3 Å². The first kappa shape index (κ1) is 19.7. The zero-order chi connectivity index (χ0) is 14.6. The molecule has 0 fully saturated rings. The summed E-state index contributed by atoms with van der Waals surface area (Å²) in [6.07, 6.45) is 5.51. The molecule has 18 heavy (non-hydrogen) atoms. The molecule has 2 atom stereocenters. The Morgan fingerprint density at radius 1 is 1.50 bits per heavy atom. The molecule has 5 heteroatoms. The maximum atomic E-state index is 11.2. The van der Waals surface area contributed by atoms with E-state index in [0.29, 0.717) is 19.4 Å². The van der Waals surface area contributed by atoms with E-state index < -0.39 is 7.37 Å². The highest BCUT2D eigenvalue weighted by molar-refractivity contribution is 7.59. The molecule has 0 aliphatic rings. The van der Waals surface area contributed by atoms with Crippen LogP contribution in [0.25, 0.3) is 0 Å². The summed E-state index contributed by atoms with van der Waals surface area (Å²) in [7, 11) is -1.14. The van der Waals surface area contributed by atoms with E-state index in [2.05, 4.69) is 19.0 Å². The highest BCUT2D eigenvalue weighted by Gasteiger charge is 2.14. The van der Waals surface area contributed by atoms with Gasteiger partial charge in [0.2, 0.25) is 0 Å². The Balaban J connectivity index is 0. The van der Waals surface area contributed by atoms with Crippen LogP contribution >= 0.6 is 7.37 Å². The van der Waals surface area contributed by atoms with Crippen LogP contribution in [0.4, 0.5) is 0 Å². The number of methoxy groups -OCH3 is 1. The van der Waals surface area contributed by atoms with Crippen LogP contribution in [0.3, 0.4) is 0 Å². The lowest BCUT2D eigenvalue weighted by Crippen LogP contribution is -2.18. The largest absolute Gasteiger partial charge is 0.384 e. The van der Waals surface area contributed by atoms with Gasteiger partial charge in [-0.05, 0) is 13.6 Å². The normalized spacial score (nSPS) is 14.7. The predicted molar refractivity (Wildman–Crippen MR) is 74.6 cm³/mol. The fraction of sp³-hybridized carbons (Fsp3) is 0.692. The smallest absolute Gasteiger partial charge is 0.133 e. The Hall–Kier alpha value is -0.620. The fourth-order valence-corrected chi connectivity index (χ4v) is 1.66. The van der Waals surface area contributed by atoms with E-state index in [1.807, 2.05) is 6.92 Å². The number of terminal acetylenes is 1. The van der Waals surface area contributed by atoms with Gasteiger partial charge < -0.3 is 13.8 Å². The van der Waals surface area contributed by atoms with E-state index in [4.69, 9.17) is 9.26 Å². The molecule has 0 radical (unpaired) electrons. The quantitative estimate of drug-likeness (QED) is 0.388. The van der Waals surface area contributed by atoms with Crippen LogP contribution in [0.15, 0.2) is 0 Å².